The van der Waals surface area contributed by atoms with E-state index in [0.717, 1.165) is 11.1 Å². The normalized spacial score (nSPS) is 11.3. The van der Waals surface area contributed by atoms with Gasteiger partial charge in [0.1, 0.15) is 10.8 Å². The molecule has 19 heavy (non-hydrogen) atoms. The Morgan fingerprint density at radius 3 is 2.53 bits per heavy atom. The highest BCUT2D eigenvalue weighted by molar-refractivity contribution is 6.31. The summed E-state index contributed by atoms with van der Waals surface area (Å²) in [6, 6.07) is 7.66. The molecular weight excluding hydrogens is 293 g/mol. The molecule has 0 aliphatic rings. The Labute approximate surface area is 119 Å². The van der Waals surface area contributed by atoms with Crippen LogP contribution in [0.25, 0.3) is 0 Å². The van der Waals surface area contributed by atoms with Crippen LogP contribution in [0.3, 0.4) is 0 Å². The van der Waals surface area contributed by atoms with Crippen LogP contribution in [0.1, 0.15) is 28.8 Å². The number of aryl methyl sites for hydroxylation is 1. The molecular formula is C13H12Cl2F2N2. The third-order valence-corrected chi connectivity index (χ3v) is 3.63. The highest BCUT2D eigenvalue weighted by Crippen LogP contribution is 2.29. The second-order valence-electron chi connectivity index (χ2n) is 4.17. The minimum Gasteiger partial charge on any atom is -0.249 e. The molecule has 0 radical (unpaired) electrons. The van der Waals surface area contributed by atoms with Crippen LogP contribution in [0.5, 0.6) is 0 Å². The second kappa shape index (κ2) is 5.88. The molecule has 0 fully saturated rings. The van der Waals surface area contributed by atoms with Gasteiger partial charge in [0, 0.05) is 5.56 Å². The molecule has 0 aliphatic heterocycles. The van der Waals surface area contributed by atoms with E-state index < -0.39 is 6.43 Å². The Kier molecular flexibility index (Phi) is 4.42. The molecule has 1 aromatic heterocycles. The first-order valence-electron chi connectivity index (χ1n) is 5.68. The average Bonchev–Trinajstić information content (AvgIpc) is 2.69. The lowest BCUT2D eigenvalue weighted by Crippen LogP contribution is -2.04. The summed E-state index contributed by atoms with van der Waals surface area (Å²) >= 11 is 11.7. The largest absolute Gasteiger partial charge is 0.282 e. The maximum atomic E-state index is 12.8. The molecule has 0 spiro atoms. The zero-order valence-electron chi connectivity index (χ0n) is 10.2. The van der Waals surface area contributed by atoms with Crippen LogP contribution in [-0.4, -0.2) is 9.78 Å². The van der Waals surface area contributed by atoms with Crippen LogP contribution in [0.15, 0.2) is 24.3 Å². The maximum Gasteiger partial charge on any atom is 0.282 e. The van der Waals surface area contributed by atoms with Gasteiger partial charge in [0.2, 0.25) is 0 Å². The molecule has 102 valence electrons. The molecule has 0 atom stereocenters. The van der Waals surface area contributed by atoms with Crippen molar-refractivity contribution >= 4 is 23.2 Å². The van der Waals surface area contributed by atoms with Gasteiger partial charge in [-0.1, -0.05) is 35.9 Å². The number of rotatable bonds is 4. The number of benzene rings is 1. The third-order valence-electron chi connectivity index (χ3n) is 2.93. The number of nitrogens with zero attached hydrogens (tertiary/aromatic N) is 2. The van der Waals surface area contributed by atoms with Crippen LogP contribution in [0, 0.1) is 6.92 Å². The predicted molar refractivity (Wildman–Crippen MR) is 72.0 cm³/mol. The number of hydrogen-bond donors (Lipinski definition) is 0. The molecule has 1 aromatic carbocycles. The predicted octanol–water partition coefficient (Wildman–Crippen LogP) is 4.57. The zero-order chi connectivity index (χ0) is 14.0. The van der Waals surface area contributed by atoms with Gasteiger partial charge in [-0.25, -0.2) is 13.5 Å². The van der Waals surface area contributed by atoms with E-state index in [0.29, 0.717) is 6.54 Å². The molecule has 0 N–H and O–H groups in total. The Balaban J connectivity index is 2.39. The van der Waals surface area contributed by atoms with Gasteiger partial charge in [-0.2, -0.15) is 5.10 Å². The van der Waals surface area contributed by atoms with E-state index in [1.165, 1.54) is 4.68 Å². The highest BCUT2D eigenvalue weighted by atomic mass is 35.5. The lowest BCUT2D eigenvalue weighted by atomic mass is 10.1. The van der Waals surface area contributed by atoms with Crippen molar-refractivity contribution in [2.45, 2.75) is 25.8 Å². The van der Waals surface area contributed by atoms with E-state index in [-0.39, 0.29) is 22.3 Å². The van der Waals surface area contributed by atoms with Gasteiger partial charge >= 0.3 is 0 Å². The van der Waals surface area contributed by atoms with E-state index >= 15 is 0 Å². The Morgan fingerprint density at radius 1 is 1.32 bits per heavy atom. The number of aromatic nitrogens is 2. The topological polar surface area (TPSA) is 17.8 Å². The fraction of sp³-hybridized carbons (Fsp3) is 0.308. The van der Waals surface area contributed by atoms with Crippen molar-refractivity contribution in [3.8, 4) is 0 Å². The molecule has 2 aromatic rings. The fourth-order valence-corrected chi connectivity index (χ4v) is 2.44. The first kappa shape index (κ1) is 14.3. The Hall–Kier alpha value is -1.13. The minimum atomic E-state index is -2.68. The number of halogens is 4. The summed E-state index contributed by atoms with van der Waals surface area (Å²) in [5.74, 6) is -0.0771. The third kappa shape index (κ3) is 2.90. The summed E-state index contributed by atoms with van der Waals surface area (Å²) in [6.07, 6.45) is -2.68. The van der Waals surface area contributed by atoms with Crippen molar-refractivity contribution in [1.82, 2.24) is 9.78 Å². The SMILES string of the molecule is Cc1ccccc1Cn1nc(C(F)F)c(CCl)c1Cl. The van der Waals surface area contributed by atoms with Crippen molar-refractivity contribution < 1.29 is 8.78 Å². The molecule has 2 nitrogen and oxygen atoms in total. The monoisotopic (exact) mass is 304 g/mol. The zero-order valence-corrected chi connectivity index (χ0v) is 11.7. The second-order valence-corrected chi connectivity index (χ2v) is 4.80. The van der Waals surface area contributed by atoms with Gasteiger partial charge in [-0.15, -0.1) is 11.6 Å². The lowest BCUT2D eigenvalue weighted by molar-refractivity contribution is 0.144. The average molecular weight is 305 g/mol. The molecule has 0 saturated heterocycles. The van der Waals surface area contributed by atoms with Crippen LogP contribution in [-0.2, 0) is 12.4 Å². The smallest absolute Gasteiger partial charge is 0.249 e. The van der Waals surface area contributed by atoms with Gasteiger partial charge in [-0.05, 0) is 18.1 Å². The van der Waals surface area contributed by atoms with E-state index in [2.05, 4.69) is 5.10 Å². The van der Waals surface area contributed by atoms with E-state index in [1.54, 1.807) is 0 Å². The van der Waals surface area contributed by atoms with E-state index in [1.807, 2.05) is 31.2 Å². The first-order chi connectivity index (χ1) is 9.04. The standard InChI is InChI=1S/C13H12Cl2F2N2/c1-8-4-2-3-5-9(8)7-19-12(15)10(6-14)11(18-19)13(16)17/h2-5,13H,6-7H2,1H3. The van der Waals surface area contributed by atoms with Gasteiger partial charge in [0.25, 0.3) is 6.43 Å². The molecule has 2 rings (SSSR count). The lowest BCUT2D eigenvalue weighted by Gasteiger charge is -2.06. The summed E-state index contributed by atoms with van der Waals surface area (Å²) in [6.45, 7) is 2.30. The first-order valence-corrected chi connectivity index (χ1v) is 6.59. The quantitative estimate of drug-likeness (QED) is 0.757. The van der Waals surface area contributed by atoms with Crippen molar-refractivity contribution in [3.05, 3.63) is 51.8 Å². The van der Waals surface area contributed by atoms with Gasteiger partial charge < -0.3 is 0 Å². The maximum absolute atomic E-state index is 12.8. The number of hydrogen-bond acceptors (Lipinski definition) is 1. The highest BCUT2D eigenvalue weighted by Gasteiger charge is 2.22. The molecule has 0 amide bonds. The molecule has 0 aliphatic carbocycles. The van der Waals surface area contributed by atoms with Crippen molar-refractivity contribution in [2.75, 3.05) is 0 Å². The molecule has 0 unspecified atom stereocenters. The van der Waals surface area contributed by atoms with Crippen LogP contribution in [0.2, 0.25) is 5.15 Å². The fourth-order valence-electron chi connectivity index (χ4n) is 1.85. The summed E-state index contributed by atoms with van der Waals surface area (Å²) in [5, 5.41) is 4.04. The summed E-state index contributed by atoms with van der Waals surface area (Å²) in [5.41, 5.74) is 1.90. The molecule has 0 bridgehead atoms. The van der Waals surface area contributed by atoms with Crippen molar-refractivity contribution in [1.29, 1.82) is 0 Å². The molecule has 1 heterocycles. The summed E-state index contributed by atoms with van der Waals surface area (Å²) < 4.78 is 27.0. The van der Waals surface area contributed by atoms with Crippen molar-refractivity contribution in [3.63, 3.8) is 0 Å². The van der Waals surface area contributed by atoms with E-state index in [9.17, 15) is 8.78 Å². The summed E-state index contributed by atoms with van der Waals surface area (Å²) in [4.78, 5) is 0. The molecule has 0 saturated carbocycles. The number of alkyl halides is 3. The van der Waals surface area contributed by atoms with Crippen molar-refractivity contribution in [2.24, 2.45) is 0 Å². The van der Waals surface area contributed by atoms with Crippen LogP contribution >= 0.6 is 23.2 Å². The van der Waals surface area contributed by atoms with Crippen LogP contribution in [0.4, 0.5) is 8.78 Å². The molecule has 6 heteroatoms. The van der Waals surface area contributed by atoms with Crippen LogP contribution < -0.4 is 0 Å². The Bertz CT molecular complexity index is 582. The van der Waals surface area contributed by atoms with E-state index in [4.69, 9.17) is 23.2 Å². The van der Waals surface area contributed by atoms with Gasteiger partial charge in [0.15, 0.2) is 0 Å². The van der Waals surface area contributed by atoms with Gasteiger partial charge in [-0.3, -0.25) is 0 Å². The Morgan fingerprint density at radius 2 is 2.00 bits per heavy atom. The minimum absolute atomic E-state index is 0.0771. The van der Waals surface area contributed by atoms with Gasteiger partial charge in [0.05, 0.1) is 12.4 Å². The summed E-state index contributed by atoms with van der Waals surface area (Å²) in [7, 11) is 0.